The second-order valence-electron chi connectivity index (χ2n) is 5.31. The van der Waals surface area contributed by atoms with E-state index in [1.165, 1.54) is 31.5 Å². The summed E-state index contributed by atoms with van der Waals surface area (Å²) in [5, 5.41) is 3.66. The van der Waals surface area contributed by atoms with Gasteiger partial charge in [-0.05, 0) is 51.4 Å². The van der Waals surface area contributed by atoms with Crippen LogP contribution in [0.1, 0.15) is 31.4 Å². The van der Waals surface area contributed by atoms with Crippen molar-refractivity contribution in [2.45, 2.75) is 25.8 Å². The standard InChI is InChI=1S/C15H24N2/c1-13(15-8-4-3-5-9-15)16-11-14-7-6-10-17(2)12-14/h3-5,8-9,13-14,16H,6-7,10-12H2,1-2H3/t13-,14?/m1/s1. The molecule has 2 atom stereocenters. The van der Waals surface area contributed by atoms with Gasteiger partial charge in [0.05, 0.1) is 0 Å². The lowest BCUT2D eigenvalue weighted by molar-refractivity contribution is 0.203. The van der Waals surface area contributed by atoms with E-state index in [-0.39, 0.29) is 0 Å². The minimum atomic E-state index is 0.462. The summed E-state index contributed by atoms with van der Waals surface area (Å²) >= 11 is 0. The molecule has 2 heteroatoms. The number of likely N-dealkylation sites (tertiary alicyclic amines) is 1. The molecule has 0 aliphatic carbocycles. The van der Waals surface area contributed by atoms with Gasteiger partial charge in [-0.25, -0.2) is 0 Å². The maximum atomic E-state index is 3.66. The Morgan fingerprint density at radius 1 is 1.35 bits per heavy atom. The highest BCUT2D eigenvalue weighted by atomic mass is 15.1. The van der Waals surface area contributed by atoms with Crippen LogP contribution in [-0.4, -0.2) is 31.6 Å². The van der Waals surface area contributed by atoms with Crippen LogP contribution in [0.5, 0.6) is 0 Å². The number of hydrogen-bond donors (Lipinski definition) is 1. The Kier molecular flexibility index (Phi) is 4.57. The average molecular weight is 232 g/mol. The van der Waals surface area contributed by atoms with Crippen molar-refractivity contribution >= 4 is 0 Å². The normalized spacial score (nSPS) is 23.5. The number of rotatable bonds is 4. The van der Waals surface area contributed by atoms with Gasteiger partial charge in [0.2, 0.25) is 0 Å². The van der Waals surface area contributed by atoms with Crippen LogP contribution in [0.25, 0.3) is 0 Å². The summed E-state index contributed by atoms with van der Waals surface area (Å²) < 4.78 is 0. The van der Waals surface area contributed by atoms with E-state index in [1.807, 2.05) is 0 Å². The summed E-state index contributed by atoms with van der Waals surface area (Å²) in [6.45, 7) is 5.90. The van der Waals surface area contributed by atoms with Crippen LogP contribution in [0.4, 0.5) is 0 Å². The highest BCUT2D eigenvalue weighted by molar-refractivity contribution is 5.17. The largest absolute Gasteiger partial charge is 0.310 e. The minimum absolute atomic E-state index is 0.462. The Balaban J connectivity index is 1.78. The lowest BCUT2D eigenvalue weighted by Gasteiger charge is -2.30. The van der Waals surface area contributed by atoms with Gasteiger partial charge in [-0.1, -0.05) is 30.3 Å². The second-order valence-corrected chi connectivity index (χ2v) is 5.31. The maximum absolute atomic E-state index is 3.66. The molecule has 2 nitrogen and oxygen atoms in total. The molecule has 1 aliphatic heterocycles. The van der Waals surface area contributed by atoms with Crippen molar-refractivity contribution in [3.8, 4) is 0 Å². The summed E-state index contributed by atoms with van der Waals surface area (Å²) in [6, 6.07) is 11.2. The summed E-state index contributed by atoms with van der Waals surface area (Å²) in [4.78, 5) is 2.45. The van der Waals surface area contributed by atoms with E-state index >= 15 is 0 Å². The van der Waals surface area contributed by atoms with Crippen molar-refractivity contribution in [2.24, 2.45) is 5.92 Å². The zero-order valence-electron chi connectivity index (χ0n) is 11.0. The number of piperidine rings is 1. The van der Waals surface area contributed by atoms with E-state index in [0.717, 1.165) is 12.5 Å². The van der Waals surface area contributed by atoms with Gasteiger partial charge < -0.3 is 10.2 Å². The van der Waals surface area contributed by atoms with E-state index < -0.39 is 0 Å². The predicted molar refractivity (Wildman–Crippen MR) is 73.1 cm³/mol. The summed E-state index contributed by atoms with van der Waals surface area (Å²) in [6.07, 6.45) is 2.72. The van der Waals surface area contributed by atoms with E-state index in [4.69, 9.17) is 0 Å². The summed E-state index contributed by atoms with van der Waals surface area (Å²) in [5.74, 6) is 0.819. The number of benzene rings is 1. The molecule has 1 N–H and O–H groups in total. The third kappa shape index (κ3) is 3.83. The van der Waals surface area contributed by atoms with Gasteiger partial charge in [-0.3, -0.25) is 0 Å². The highest BCUT2D eigenvalue weighted by Crippen LogP contribution is 2.16. The monoisotopic (exact) mass is 232 g/mol. The van der Waals surface area contributed by atoms with Crippen molar-refractivity contribution in [3.63, 3.8) is 0 Å². The van der Waals surface area contributed by atoms with E-state index in [0.29, 0.717) is 6.04 Å². The van der Waals surface area contributed by atoms with Crippen LogP contribution >= 0.6 is 0 Å². The molecule has 1 unspecified atom stereocenters. The smallest absolute Gasteiger partial charge is 0.0291 e. The molecule has 2 rings (SSSR count). The average Bonchev–Trinajstić information content (AvgIpc) is 2.37. The topological polar surface area (TPSA) is 15.3 Å². The minimum Gasteiger partial charge on any atom is -0.310 e. The molecule has 0 aromatic heterocycles. The van der Waals surface area contributed by atoms with E-state index in [9.17, 15) is 0 Å². The molecule has 1 aromatic carbocycles. The lowest BCUT2D eigenvalue weighted by atomic mass is 9.98. The van der Waals surface area contributed by atoms with Crippen molar-refractivity contribution < 1.29 is 0 Å². The molecule has 0 spiro atoms. The fourth-order valence-corrected chi connectivity index (χ4v) is 2.64. The first-order valence-corrected chi connectivity index (χ1v) is 6.72. The third-order valence-corrected chi connectivity index (χ3v) is 3.73. The molecule has 94 valence electrons. The highest BCUT2D eigenvalue weighted by Gasteiger charge is 2.17. The molecule has 1 aliphatic rings. The van der Waals surface area contributed by atoms with Crippen molar-refractivity contribution in [1.29, 1.82) is 0 Å². The molecule has 1 saturated heterocycles. The van der Waals surface area contributed by atoms with Gasteiger partial charge in [-0.15, -0.1) is 0 Å². The Morgan fingerprint density at radius 3 is 2.82 bits per heavy atom. The van der Waals surface area contributed by atoms with Crippen LogP contribution in [0.2, 0.25) is 0 Å². The number of nitrogens with one attached hydrogen (secondary N) is 1. The Morgan fingerprint density at radius 2 is 2.12 bits per heavy atom. The second kappa shape index (κ2) is 6.18. The zero-order valence-corrected chi connectivity index (χ0v) is 11.0. The molecule has 17 heavy (non-hydrogen) atoms. The van der Waals surface area contributed by atoms with Crippen molar-refractivity contribution in [3.05, 3.63) is 35.9 Å². The summed E-state index contributed by atoms with van der Waals surface area (Å²) in [7, 11) is 2.23. The molecule has 0 radical (unpaired) electrons. The first-order chi connectivity index (χ1) is 8.25. The van der Waals surface area contributed by atoms with Crippen molar-refractivity contribution in [2.75, 3.05) is 26.7 Å². The molecular weight excluding hydrogens is 208 g/mol. The van der Waals surface area contributed by atoms with Gasteiger partial charge >= 0.3 is 0 Å². The zero-order chi connectivity index (χ0) is 12.1. The fraction of sp³-hybridized carbons (Fsp3) is 0.600. The van der Waals surface area contributed by atoms with Crippen molar-refractivity contribution in [1.82, 2.24) is 10.2 Å². The number of nitrogens with zero attached hydrogens (tertiary/aromatic N) is 1. The third-order valence-electron chi connectivity index (χ3n) is 3.73. The molecule has 0 bridgehead atoms. The van der Waals surface area contributed by atoms with Crippen LogP contribution in [0.3, 0.4) is 0 Å². The molecule has 1 aromatic rings. The van der Waals surface area contributed by atoms with Crippen LogP contribution in [0, 0.1) is 5.92 Å². The first-order valence-electron chi connectivity index (χ1n) is 6.72. The van der Waals surface area contributed by atoms with Gasteiger partial charge in [0.25, 0.3) is 0 Å². The lowest BCUT2D eigenvalue weighted by Crippen LogP contribution is -2.37. The van der Waals surface area contributed by atoms with E-state index in [2.05, 4.69) is 54.5 Å². The van der Waals surface area contributed by atoms with Crippen LogP contribution < -0.4 is 5.32 Å². The molecular formula is C15H24N2. The molecule has 0 amide bonds. The Labute approximate surface area is 105 Å². The quantitative estimate of drug-likeness (QED) is 0.858. The summed E-state index contributed by atoms with van der Waals surface area (Å²) in [5.41, 5.74) is 1.39. The Hall–Kier alpha value is -0.860. The molecule has 0 saturated carbocycles. The molecule has 1 fully saturated rings. The first kappa shape index (κ1) is 12.6. The molecule has 1 heterocycles. The SMILES string of the molecule is C[C@@H](NCC1CCCN(C)C1)c1ccccc1. The number of hydrogen-bond acceptors (Lipinski definition) is 2. The van der Waals surface area contributed by atoms with Gasteiger partial charge in [0.15, 0.2) is 0 Å². The van der Waals surface area contributed by atoms with E-state index in [1.54, 1.807) is 0 Å². The van der Waals surface area contributed by atoms with Gasteiger partial charge in [0.1, 0.15) is 0 Å². The predicted octanol–water partition coefficient (Wildman–Crippen LogP) is 2.68. The van der Waals surface area contributed by atoms with Crippen LogP contribution in [-0.2, 0) is 0 Å². The maximum Gasteiger partial charge on any atom is 0.0291 e. The van der Waals surface area contributed by atoms with Gasteiger partial charge in [0, 0.05) is 12.6 Å². The van der Waals surface area contributed by atoms with Gasteiger partial charge in [-0.2, -0.15) is 0 Å². The fourth-order valence-electron chi connectivity index (χ4n) is 2.64. The Bertz CT molecular complexity index is 323. The van der Waals surface area contributed by atoms with Crippen LogP contribution in [0.15, 0.2) is 30.3 Å².